The number of aromatic nitrogens is 3. The number of rotatable bonds is 6. The Balaban J connectivity index is 2.10. The predicted molar refractivity (Wildman–Crippen MR) is 103 cm³/mol. The molecule has 3 heterocycles. The molecule has 0 saturated heterocycles. The highest BCUT2D eigenvalue weighted by Crippen LogP contribution is 2.33. The summed E-state index contributed by atoms with van der Waals surface area (Å²) in [6, 6.07) is 3.91. The van der Waals surface area contributed by atoms with Gasteiger partial charge in [0.15, 0.2) is 5.82 Å². The average Bonchev–Trinajstić information content (AvgIpc) is 2.95. The van der Waals surface area contributed by atoms with Gasteiger partial charge >= 0.3 is 0 Å². The Bertz CT molecular complexity index is 809. The van der Waals surface area contributed by atoms with Crippen molar-refractivity contribution in [1.29, 1.82) is 0 Å². The Labute approximate surface area is 147 Å². The number of fused-ring (bicyclic) bond motifs is 1. The molecule has 0 aliphatic rings. The molecule has 0 fully saturated rings. The van der Waals surface area contributed by atoms with Gasteiger partial charge in [0, 0.05) is 24.5 Å². The van der Waals surface area contributed by atoms with Crippen molar-refractivity contribution in [2.45, 2.75) is 34.1 Å². The molecule has 0 spiro atoms. The molecule has 0 aliphatic carbocycles. The van der Waals surface area contributed by atoms with Crippen LogP contribution in [0.25, 0.3) is 21.6 Å². The first kappa shape index (κ1) is 16.8. The van der Waals surface area contributed by atoms with Gasteiger partial charge in [0.2, 0.25) is 0 Å². The highest BCUT2D eigenvalue weighted by Gasteiger charge is 2.16. The summed E-state index contributed by atoms with van der Waals surface area (Å²) in [5.74, 6) is 2.89. The lowest BCUT2D eigenvalue weighted by Gasteiger charge is -2.13. The van der Waals surface area contributed by atoms with E-state index in [-0.39, 0.29) is 0 Å². The molecule has 1 N–H and O–H groups in total. The molecule has 0 radical (unpaired) electrons. The Morgan fingerprint density at radius 1 is 1.04 bits per heavy atom. The number of hydrogen-bond acceptors (Lipinski definition) is 5. The lowest BCUT2D eigenvalue weighted by molar-refractivity contribution is 0.651. The maximum atomic E-state index is 4.84. The van der Waals surface area contributed by atoms with Gasteiger partial charge in [-0.2, -0.15) is 0 Å². The Morgan fingerprint density at radius 3 is 2.46 bits per heavy atom. The van der Waals surface area contributed by atoms with Crippen LogP contribution in [0.2, 0.25) is 0 Å². The first-order valence-electron chi connectivity index (χ1n) is 8.47. The molecule has 0 saturated carbocycles. The van der Waals surface area contributed by atoms with E-state index < -0.39 is 0 Å². The van der Waals surface area contributed by atoms with Crippen LogP contribution in [0, 0.1) is 11.8 Å². The van der Waals surface area contributed by atoms with E-state index in [1.807, 2.05) is 12.1 Å². The zero-order valence-corrected chi connectivity index (χ0v) is 15.5. The molecule has 0 unspecified atom stereocenters. The van der Waals surface area contributed by atoms with Crippen LogP contribution in [0.1, 0.15) is 33.3 Å². The Morgan fingerprint density at radius 2 is 1.79 bits per heavy atom. The van der Waals surface area contributed by atoms with Crippen LogP contribution in [0.4, 0.5) is 5.82 Å². The summed E-state index contributed by atoms with van der Waals surface area (Å²) in [6.07, 6.45) is 4.61. The van der Waals surface area contributed by atoms with Gasteiger partial charge in [-0.25, -0.2) is 9.97 Å². The number of thiophene rings is 1. The summed E-state index contributed by atoms with van der Waals surface area (Å²) in [6.45, 7) is 9.81. The van der Waals surface area contributed by atoms with Crippen molar-refractivity contribution < 1.29 is 0 Å². The van der Waals surface area contributed by atoms with Gasteiger partial charge in [0.05, 0.1) is 5.39 Å². The minimum Gasteiger partial charge on any atom is -0.369 e. The topological polar surface area (TPSA) is 50.7 Å². The third-order valence-corrected chi connectivity index (χ3v) is 4.68. The van der Waals surface area contributed by atoms with E-state index in [0.717, 1.165) is 35.0 Å². The van der Waals surface area contributed by atoms with Gasteiger partial charge in [-0.15, -0.1) is 11.3 Å². The lowest BCUT2D eigenvalue weighted by Crippen LogP contribution is -2.10. The average molecular weight is 340 g/mol. The number of pyridine rings is 1. The second kappa shape index (κ2) is 7.26. The molecule has 4 nitrogen and oxygen atoms in total. The standard InChI is InChI=1S/C19H24N4S/c1-12(2)9-15-11-24-19-16(15)18(21-10-13(3)4)22-17(23-19)14-5-7-20-8-6-14/h5-8,11-13H,9-10H2,1-4H3,(H,21,22,23). The molecular formula is C19H24N4S. The fourth-order valence-corrected chi connectivity index (χ4v) is 3.60. The maximum Gasteiger partial charge on any atom is 0.163 e. The quantitative estimate of drug-likeness (QED) is 0.684. The maximum absolute atomic E-state index is 4.84. The molecule has 0 aliphatic heterocycles. The predicted octanol–water partition coefficient (Wildman–Crippen LogP) is 5.02. The summed E-state index contributed by atoms with van der Waals surface area (Å²) in [5.41, 5.74) is 2.34. The summed E-state index contributed by atoms with van der Waals surface area (Å²) in [4.78, 5) is 14.8. The van der Waals surface area contributed by atoms with Gasteiger partial charge in [0.1, 0.15) is 10.6 Å². The fourth-order valence-electron chi connectivity index (χ4n) is 2.65. The summed E-state index contributed by atoms with van der Waals surface area (Å²) >= 11 is 1.71. The van der Waals surface area contributed by atoms with Crippen molar-refractivity contribution in [3.8, 4) is 11.4 Å². The molecule has 3 aromatic rings. The normalized spacial score (nSPS) is 11.6. The number of anilines is 1. The van der Waals surface area contributed by atoms with Crippen molar-refractivity contribution in [3.63, 3.8) is 0 Å². The van der Waals surface area contributed by atoms with E-state index in [1.165, 1.54) is 10.9 Å². The van der Waals surface area contributed by atoms with E-state index in [4.69, 9.17) is 9.97 Å². The van der Waals surface area contributed by atoms with Crippen molar-refractivity contribution in [2.24, 2.45) is 11.8 Å². The lowest BCUT2D eigenvalue weighted by atomic mass is 10.0. The largest absolute Gasteiger partial charge is 0.369 e. The van der Waals surface area contributed by atoms with Crippen LogP contribution in [0.15, 0.2) is 29.9 Å². The fraction of sp³-hybridized carbons (Fsp3) is 0.421. The Kier molecular flexibility index (Phi) is 5.09. The minimum atomic E-state index is 0.562. The van der Waals surface area contributed by atoms with E-state index >= 15 is 0 Å². The molecule has 0 bridgehead atoms. The monoisotopic (exact) mass is 340 g/mol. The van der Waals surface area contributed by atoms with Crippen LogP contribution in [-0.4, -0.2) is 21.5 Å². The van der Waals surface area contributed by atoms with Gasteiger partial charge in [-0.1, -0.05) is 27.7 Å². The third-order valence-electron chi connectivity index (χ3n) is 3.75. The van der Waals surface area contributed by atoms with E-state index in [1.54, 1.807) is 23.7 Å². The zero-order chi connectivity index (χ0) is 17.1. The van der Waals surface area contributed by atoms with Crippen LogP contribution >= 0.6 is 11.3 Å². The molecule has 3 aromatic heterocycles. The van der Waals surface area contributed by atoms with Crippen LogP contribution in [0.5, 0.6) is 0 Å². The van der Waals surface area contributed by atoms with Crippen LogP contribution < -0.4 is 5.32 Å². The first-order valence-corrected chi connectivity index (χ1v) is 9.35. The van der Waals surface area contributed by atoms with Gasteiger partial charge in [-0.05, 0) is 41.3 Å². The van der Waals surface area contributed by atoms with Crippen LogP contribution in [-0.2, 0) is 6.42 Å². The SMILES string of the molecule is CC(C)CNc1nc(-c2ccncc2)nc2scc(CC(C)C)c12. The third kappa shape index (κ3) is 3.73. The molecule has 0 amide bonds. The molecule has 126 valence electrons. The van der Waals surface area contributed by atoms with Crippen molar-refractivity contribution >= 4 is 27.4 Å². The minimum absolute atomic E-state index is 0.562. The summed E-state index contributed by atoms with van der Waals surface area (Å²) in [5, 5.41) is 6.96. The van der Waals surface area contributed by atoms with Gasteiger partial charge < -0.3 is 5.32 Å². The van der Waals surface area contributed by atoms with Gasteiger partial charge in [-0.3, -0.25) is 4.98 Å². The van der Waals surface area contributed by atoms with Crippen molar-refractivity contribution in [1.82, 2.24) is 15.0 Å². The van der Waals surface area contributed by atoms with E-state index in [0.29, 0.717) is 11.8 Å². The summed E-state index contributed by atoms with van der Waals surface area (Å²) in [7, 11) is 0. The summed E-state index contributed by atoms with van der Waals surface area (Å²) < 4.78 is 0. The number of nitrogens with one attached hydrogen (secondary N) is 1. The van der Waals surface area contributed by atoms with Crippen LogP contribution in [0.3, 0.4) is 0 Å². The van der Waals surface area contributed by atoms with E-state index in [9.17, 15) is 0 Å². The highest BCUT2D eigenvalue weighted by atomic mass is 32.1. The Hall–Kier alpha value is -2.01. The van der Waals surface area contributed by atoms with Gasteiger partial charge in [0.25, 0.3) is 0 Å². The zero-order valence-electron chi connectivity index (χ0n) is 14.7. The van der Waals surface area contributed by atoms with Crippen molar-refractivity contribution in [2.75, 3.05) is 11.9 Å². The molecule has 0 aromatic carbocycles. The first-order chi connectivity index (χ1) is 11.5. The smallest absolute Gasteiger partial charge is 0.163 e. The molecule has 24 heavy (non-hydrogen) atoms. The van der Waals surface area contributed by atoms with E-state index in [2.05, 4.69) is 43.4 Å². The second-order valence-corrected chi connectivity index (χ2v) is 7.80. The molecule has 3 rings (SSSR count). The number of hydrogen-bond donors (Lipinski definition) is 1. The molecule has 5 heteroatoms. The molecular weight excluding hydrogens is 316 g/mol. The molecule has 0 atom stereocenters. The van der Waals surface area contributed by atoms with Crippen molar-refractivity contribution in [3.05, 3.63) is 35.5 Å². The number of nitrogens with zero attached hydrogens (tertiary/aromatic N) is 3. The highest BCUT2D eigenvalue weighted by molar-refractivity contribution is 7.17. The second-order valence-electron chi connectivity index (χ2n) is 6.95.